The van der Waals surface area contributed by atoms with E-state index < -0.39 is 70.2 Å². The monoisotopic (exact) mass is 884 g/mol. The van der Waals surface area contributed by atoms with Crippen LogP contribution in [0.25, 0.3) is 21.8 Å². The fourth-order valence-electron chi connectivity index (χ4n) is 8.56. The van der Waals surface area contributed by atoms with Gasteiger partial charge in [0.25, 0.3) is 0 Å². The number of allylic oxidation sites excluding steroid dienone is 3. The second-order valence-corrected chi connectivity index (χ2v) is 19.4. The topological polar surface area (TPSA) is 191 Å². The van der Waals surface area contributed by atoms with Crippen LogP contribution in [0.2, 0.25) is 0 Å². The molecule has 2 fully saturated rings. The minimum Gasteiger partial charge on any atom is -0.508 e. The summed E-state index contributed by atoms with van der Waals surface area (Å²) in [6, 6.07) is 7.14. The second kappa shape index (κ2) is 19.7. The largest absolute Gasteiger partial charge is 0.508 e. The van der Waals surface area contributed by atoms with Crippen molar-refractivity contribution in [2.45, 2.75) is 109 Å². The summed E-state index contributed by atoms with van der Waals surface area (Å²) in [6.07, 6.45) is 2.50. The van der Waals surface area contributed by atoms with E-state index in [-0.39, 0.29) is 59.5 Å². The highest BCUT2D eigenvalue weighted by molar-refractivity contribution is 8.28. The number of methoxy groups -OCH3 is 1. The molecule has 14 nitrogen and oxygen atoms in total. The number of ether oxygens (including phenoxy) is 5. The molecule has 11 atom stereocenters. The zero-order valence-corrected chi connectivity index (χ0v) is 37.1. The summed E-state index contributed by atoms with van der Waals surface area (Å²) in [6.45, 7) is 7.96. The number of hydrogen-bond acceptors (Lipinski definition) is 13. The Morgan fingerprint density at radius 1 is 1.11 bits per heavy atom. The van der Waals surface area contributed by atoms with Gasteiger partial charge in [-0.15, -0.1) is 9.45 Å². The molecule has 0 saturated carbocycles. The third-order valence-electron chi connectivity index (χ3n) is 11.5. The number of phenols is 1. The molecule has 1 amide bonds. The van der Waals surface area contributed by atoms with Crippen LogP contribution in [0.3, 0.4) is 0 Å². The van der Waals surface area contributed by atoms with Crippen molar-refractivity contribution >= 4 is 60.1 Å². The number of benzene rings is 1. The van der Waals surface area contributed by atoms with Gasteiger partial charge in [-0.1, -0.05) is 54.8 Å². The van der Waals surface area contributed by atoms with Crippen LogP contribution in [-0.2, 0) is 49.1 Å². The molecule has 1 aromatic carbocycles. The van der Waals surface area contributed by atoms with Gasteiger partial charge in [0.2, 0.25) is 0 Å². The van der Waals surface area contributed by atoms with E-state index in [1.807, 2.05) is 13.2 Å². The van der Waals surface area contributed by atoms with Crippen molar-refractivity contribution in [2.75, 3.05) is 19.1 Å². The Morgan fingerprint density at radius 2 is 1.90 bits per heavy atom. The Bertz CT molecular complexity index is 2470. The van der Waals surface area contributed by atoms with E-state index in [1.54, 1.807) is 49.5 Å². The summed E-state index contributed by atoms with van der Waals surface area (Å²) >= 11 is 5.53. The highest BCUT2D eigenvalue weighted by Crippen LogP contribution is 2.40. The van der Waals surface area contributed by atoms with Crippen LogP contribution in [0.4, 0.5) is 4.79 Å². The van der Waals surface area contributed by atoms with Crippen LogP contribution in [-0.4, -0.2) is 112 Å². The second-order valence-electron chi connectivity index (χ2n) is 16.2. The minimum absolute atomic E-state index is 0.100. The van der Waals surface area contributed by atoms with Crippen LogP contribution in [0, 0.1) is 35.5 Å². The van der Waals surface area contributed by atoms with Crippen LogP contribution < -0.4 is 10.6 Å². The van der Waals surface area contributed by atoms with Gasteiger partial charge in [-0.25, -0.2) is 4.79 Å². The number of alkyl carbamates (subject to hydrolysis) is 1. The van der Waals surface area contributed by atoms with Crippen LogP contribution in [0.1, 0.15) is 63.9 Å². The number of aromatic amines is 1. The van der Waals surface area contributed by atoms with Crippen LogP contribution >= 0.6 is 0 Å². The van der Waals surface area contributed by atoms with Crippen molar-refractivity contribution in [3.63, 3.8) is 0 Å². The molecular formula is C46H52N4O10S2. The molecule has 7 rings (SSSR count). The lowest BCUT2D eigenvalue weighted by atomic mass is 9.83. The normalized spacial score (nSPS) is 30.5. The molecule has 4 heterocycles. The molecule has 2 aliphatic carbocycles. The molecule has 0 spiro atoms. The van der Waals surface area contributed by atoms with Crippen molar-refractivity contribution < 1.29 is 48.3 Å². The van der Waals surface area contributed by atoms with E-state index in [4.69, 9.17) is 34.9 Å². The van der Waals surface area contributed by atoms with E-state index in [9.17, 15) is 24.6 Å². The van der Waals surface area contributed by atoms with Gasteiger partial charge in [-0.2, -0.15) is 0 Å². The predicted molar refractivity (Wildman–Crippen MR) is 237 cm³/mol. The standard InChI is InChI=1S/C46H52N4O10S2/c1-24(2)48-33-15-16-39(57-26(33)4)59-38-22-31(44(54)43-42-28(17-19-47-43)32-21-27(51)13-14-34(32)49-42)25(3)58-45(38)60-37-12-10-8-7-9-11-30-40(37)29(18-20-62(6)61)35(52)23-36(53)41(30)50-46(55)56-5/h7-8,13-14,17-19,21,24-26,31,33,35,37-40,45,48-49,51-52H,15-16,20,22-23H2,1-6H3,(H,50,55)/b8-7-,29-18-/t25?,26?,31?,33?,35-,37-,38?,39?,40?,45?,62?/m0/s1. The molecule has 2 aliphatic heterocycles. The Labute approximate surface area is 367 Å². The van der Waals surface area contributed by atoms with E-state index in [0.717, 1.165) is 22.7 Å². The summed E-state index contributed by atoms with van der Waals surface area (Å²) in [5.74, 6) is 10.1. The van der Waals surface area contributed by atoms with Gasteiger partial charge >= 0.3 is 6.09 Å². The zero-order valence-electron chi connectivity index (χ0n) is 35.4. The lowest BCUT2D eigenvalue weighted by molar-refractivity contribution is -0.309. The third-order valence-corrected chi connectivity index (χ3v) is 12.6. The number of carbonyl (C=O) groups excluding carboxylic acids is 3. The number of hydrogen-bond donors (Lipinski definition) is 5. The summed E-state index contributed by atoms with van der Waals surface area (Å²) in [4.78, 5) is 49.0. The van der Waals surface area contributed by atoms with Crippen molar-refractivity contribution in [1.29, 1.82) is 0 Å². The van der Waals surface area contributed by atoms with Crippen LogP contribution in [0.15, 0.2) is 65.5 Å². The first kappa shape index (κ1) is 45.3. The maximum absolute atomic E-state index is 14.7. The van der Waals surface area contributed by atoms with E-state index in [0.29, 0.717) is 23.3 Å². The number of aromatic hydroxyl groups is 1. The molecule has 2 saturated heterocycles. The maximum atomic E-state index is 14.7. The Balaban J connectivity index is 1.28. The van der Waals surface area contributed by atoms with E-state index >= 15 is 0 Å². The number of aliphatic hydroxyl groups is 1. The number of carbonyl (C=O) groups is 3. The van der Waals surface area contributed by atoms with Crippen LogP contribution in [0.5, 0.6) is 5.75 Å². The number of pyridine rings is 1. The molecule has 4 aliphatic rings. The summed E-state index contributed by atoms with van der Waals surface area (Å²) < 4.78 is 31.7. The van der Waals surface area contributed by atoms with Crippen molar-refractivity contribution in [3.8, 4) is 29.4 Å². The van der Waals surface area contributed by atoms with E-state index in [1.165, 1.54) is 13.2 Å². The number of amides is 1. The summed E-state index contributed by atoms with van der Waals surface area (Å²) in [7, 11) is 0.677. The van der Waals surface area contributed by atoms with Crippen molar-refractivity contribution in [3.05, 3.63) is 71.2 Å². The molecule has 16 heteroatoms. The van der Waals surface area contributed by atoms with Crippen molar-refractivity contribution in [2.24, 2.45) is 11.8 Å². The van der Waals surface area contributed by atoms with Gasteiger partial charge in [0.05, 0.1) is 48.5 Å². The number of Topliss-reactive ketones (excluding diaryl/α,β-unsaturated/α-hetero) is 2. The Hall–Kier alpha value is -4.75. The number of H-pyrrole nitrogens is 1. The Kier molecular flexibility index (Phi) is 14.4. The molecule has 3 aromatic rings. The smallest absolute Gasteiger partial charge is 0.411 e. The highest BCUT2D eigenvalue weighted by atomic mass is 32.8. The quantitative estimate of drug-likeness (QED) is 0.101. The van der Waals surface area contributed by atoms with Gasteiger partial charge in [-0.05, 0) is 81.4 Å². The minimum atomic E-state index is -1.30. The van der Waals surface area contributed by atoms with Gasteiger partial charge in [0.1, 0.15) is 23.7 Å². The molecule has 9 unspecified atom stereocenters. The molecular weight excluding hydrogens is 833 g/mol. The molecule has 5 N–H and O–H groups in total. The number of nitrogens with one attached hydrogen (secondary N) is 3. The molecule has 0 radical (unpaired) electrons. The first-order valence-corrected chi connectivity index (χ1v) is 23.4. The first-order chi connectivity index (χ1) is 29.7. The van der Waals surface area contributed by atoms with Gasteiger partial charge in [0.15, 0.2) is 24.1 Å². The third kappa shape index (κ3) is 10.0. The number of rotatable bonds is 11. The maximum Gasteiger partial charge on any atom is 0.411 e. The zero-order chi connectivity index (χ0) is 44.2. The molecule has 62 heavy (non-hydrogen) atoms. The lowest BCUT2D eigenvalue weighted by Crippen LogP contribution is -2.53. The number of nitrogens with zero attached hydrogens (tertiary/aromatic N) is 1. The lowest BCUT2D eigenvalue weighted by Gasteiger charge is -2.43. The van der Waals surface area contributed by atoms with Gasteiger partial charge in [0, 0.05) is 52.3 Å². The fourth-order valence-corrected chi connectivity index (χ4v) is 9.19. The number of aliphatic hydroxyl groups excluding tert-OH is 1. The van der Waals surface area contributed by atoms with E-state index in [2.05, 4.69) is 58.1 Å². The number of phenolic OH excluding ortho intramolecular Hbond substituents is 1. The van der Waals surface area contributed by atoms with Gasteiger partial charge < -0.3 is 44.2 Å². The number of ketones is 2. The van der Waals surface area contributed by atoms with Crippen molar-refractivity contribution in [1.82, 2.24) is 20.6 Å². The molecule has 0 bridgehead atoms. The molecule has 328 valence electrons. The highest BCUT2D eigenvalue weighted by Gasteiger charge is 2.47. The van der Waals surface area contributed by atoms with Gasteiger partial charge in [-0.3, -0.25) is 19.9 Å². The number of aromatic nitrogens is 2. The fraction of sp³-hybridized carbons (Fsp3) is 0.478. The summed E-state index contributed by atoms with van der Waals surface area (Å²) in [5, 5.41) is 29.5. The average molecular weight is 885 g/mol. The average Bonchev–Trinajstić information content (AvgIpc) is 3.60. The first-order valence-electron chi connectivity index (χ1n) is 20.7. The molecule has 2 aromatic heterocycles. The number of fused-ring (bicyclic) bond motifs is 4. The SMILES string of the molecule is COC(=O)NC1=C2C#C/C=C\C#C[C@H](OC3OC(C)C(C(=O)c4nccc5c4[nH]c4ccc(O)cc45)CC3OC3CCC(NC(C)C)C(C)O3)C2/C(=C\CS(C)=S)[C@@H](O)CC1=O. The summed E-state index contributed by atoms with van der Waals surface area (Å²) in [5.41, 5.74) is 1.93. The predicted octanol–water partition coefficient (Wildman–Crippen LogP) is 4.79. The Morgan fingerprint density at radius 3 is 2.65 bits per heavy atom.